The molecule has 104 valence electrons. The Morgan fingerprint density at radius 3 is 2.60 bits per heavy atom. The van der Waals surface area contributed by atoms with E-state index in [1.807, 2.05) is 0 Å². The summed E-state index contributed by atoms with van der Waals surface area (Å²) in [4.78, 5) is 16.1. The number of benzene rings is 1. The molecule has 1 aromatic carbocycles. The summed E-state index contributed by atoms with van der Waals surface area (Å²) in [6.07, 6.45) is 0. The highest BCUT2D eigenvalue weighted by atomic mass is 19.1. The van der Waals surface area contributed by atoms with E-state index in [-0.39, 0.29) is 17.6 Å². The van der Waals surface area contributed by atoms with E-state index in [1.54, 1.807) is 13.8 Å². The number of nitrogens with zero attached hydrogens (tertiary/aromatic N) is 2. The van der Waals surface area contributed by atoms with Gasteiger partial charge in [-0.2, -0.15) is 0 Å². The Balaban J connectivity index is 2.41. The first-order valence-corrected chi connectivity index (χ1v) is 6.08. The summed E-state index contributed by atoms with van der Waals surface area (Å²) in [7, 11) is -1.89. The molecule has 0 bridgehead atoms. The Kier molecular flexibility index (Phi) is 4.01. The molecule has 0 fully saturated rings. The van der Waals surface area contributed by atoms with E-state index in [2.05, 4.69) is 4.98 Å². The largest absolute Gasteiger partial charge is 0.491 e. The SMILES string of the molecule is Cc1cc(=O)n(Cc2ccc(F)c(B(O)O)c2)c(C)n1. The molecule has 0 saturated heterocycles. The van der Waals surface area contributed by atoms with Crippen LogP contribution in [0.25, 0.3) is 0 Å². The number of halogens is 1. The van der Waals surface area contributed by atoms with Gasteiger partial charge < -0.3 is 10.0 Å². The maximum Gasteiger partial charge on any atom is 0.491 e. The normalized spacial score (nSPS) is 10.7. The van der Waals surface area contributed by atoms with Crippen molar-refractivity contribution in [1.29, 1.82) is 0 Å². The summed E-state index contributed by atoms with van der Waals surface area (Å²) in [6.45, 7) is 3.63. The smallest absolute Gasteiger partial charge is 0.423 e. The van der Waals surface area contributed by atoms with Gasteiger partial charge in [0.25, 0.3) is 5.56 Å². The van der Waals surface area contributed by atoms with Crippen LogP contribution in [0, 0.1) is 19.7 Å². The van der Waals surface area contributed by atoms with Crippen molar-refractivity contribution in [2.75, 3.05) is 0 Å². The van der Waals surface area contributed by atoms with Crippen molar-refractivity contribution >= 4 is 12.6 Å². The Morgan fingerprint density at radius 2 is 2.00 bits per heavy atom. The number of aromatic nitrogens is 2. The van der Waals surface area contributed by atoms with E-state index >= 15 is 0 Å². The van der Waals surface area contributed by atoms with Crippen molar-refractivity contribution in [3.63, 3.8) is 0 Å². The van der Waals surface area contributed by atoms with E-state index in [0.717, 1.165) is 6.07 Å². The standard InChI is InChI=1S/C13H14BFN2O3/c1-8-5-13(18)17(9(2)16-8)7-10-3-4-12(15)11(6-10)14(19)20/h3-6,19-20H,7H2,1-2H3. The molecule has 1 aromatic heterocycles. The molecule has 5 nitrogen and oxygen atoms in total. The topological polar surface area (TPSA) is 75.4 Å². The molecular formula is C13H14BFN2O3. The van der Waals surface area contributed by atoms with Crippen LogP contribution < -0.4 is 11.0 Å². The average molecular weight is 276 g/mol. The molecule has 2 N–H and O–H groups in total. The molecule has 0 unspecified atom stereocenters. The second kappa shape index (κ2) is 5.56. The first-order valence-electron chi connectivity index (χ1n) is 6.08. The number of aryl methyl sites for hydroxylation is 2. The molecule has 0 saturated carbocycles. The molecule has 0 amide bonds. The van der Waals surface area contributed by atoms with Crippen molar-refractivity contribution < 1.29 is 14.4 Å². The van der Waals surface area contributed by atoms with E-state index in [1.165, 1.54) is 22.8 Å². The summed E-state index contributed by atoms with van der Waals surface area (Å²) in [6, 6.07) is 5.38. The molecule has 2 rings (SSSR count). The second-order valence-corrected chi connectivity index (χ2v) is 4.60. The van der Waals surface area contributed by atoms with Crippen LogP contribution in [0.4, 0.5) is 4.39 Å². The molecule has 20 heavy (non-hydrogen) atoms. The van der Waals surface area contributed by atoms with E-state index in [9.17, 15) is 9.18 Å². The highest BCUT2D eigenvalue weighted by Gasteiger charge is 2.17. The maximum atomic E-state index is 13.4. The zero-order chi connectivity index (χ0) is 14.9. The fraction of sp³-hybridized carbons (Fsp3) is 0.231. The summed E-state index contributed by atoms with van der Waals surface area (Å²) >= 11 is 0. The van der Waals surface area contributed by atoms with Crippen LogP contribution in [-0.2, 0) is 6.54 Å². The first kappa shape index (κ1) is 14.4. The fourth-order valence-corrected chi connectivity index (χ4v) is 2.03. The molecule has 0 aliphatic carbocycles. The Bertz CT molecular complexity index is 701. The molecular weight excluding hydrogens is 262 g/mol. The lowest BCUT2D eigenvalue weighted by Gasteiger charge is -2.11. The quantitative estimate of drug-likeness (QED) is 0.756. The Hall–Kier alpha value is -1.99. The van der Waals surface area contributed by atoms with Crippen LogP contribution in [0.1, 0.15) is 17.1 Å². The van der Waals surface area contributed by atoms with Gasteiger partial charge in [0.15, 0.2) is 0 Å². The summed E-state index contributed by atoms with van der Waals surface area (Å²) in [5.41, 5.74) is 0.804. The van der Waals surface area contributed by atoms with Crippen LogP contribution in [-0.4, -0.2) is 26.7 Å². The predicted molar refractivity (Wildman–Crippen MR) is 73.3 cm³/mol. The van der Waals surface area contributed by atoms with Gasteiger partial charge in [-0.3, -0.25) is 9.36 Å². The minimum absolute atomic E-state index is 0.192. The van der Waals surface area contributed by atoms with Crippen molar-refractivity contribution in [3.05, 3.63) is 57.5 Å². The molecule has 1 heterocycles. The summed E-state index contributed by atoms with van der Waals surface area (Å²) in [5.74, 6) is -0.153. The zero-order valence-electron chi connectivity index (χ0n) is 11.2. The average Bonchev–Trinajstić information content (AvgIpc) is 2.35. The second-order valence-electron chi connectivity index (χ2n) is 4.60. The number of hydrogen-bond acceptors (Lipinski definition) is 4. The van der Waals surface area contributed by atoms with Crippen LogP contribution in [0.15, 0.2) is 29.1 Å². The summed E-state index contributed by atoms with van der Waals surface area (Å²) < 4.78 is 14.8. The van der Waals surface area contributed by atoms with Crippen molar-refractivity contribution in [2.24, 2.45) is 0 Å². The summed E-state index contributed by atoms with van der Waals surface area (Å²) in [5, 5.41) is 18.2. The molecule has 0 atom stereocenters. The molecule has 0 radical (unpaired) electrons. The highest BCUT2D eigenvalue weighted by Crippen LogP contribution is 2.05. The third kappa shape index (κ3) is 2.94. The van der Waals surface area contributed by atoms with Crippen LogP contribution in [0.3, 0.4) is 0 Å². The lowest BCUT2D eigenvalue weighted by Crippen LogP contribution is -2.33. The third-order valence-electron chi connectivity index (χ3n) is 3.01. The third-order valence-corrected chi connectivity index (χ3v) is 3.01. The van der Waals surface area contributed by atoms with Crippen LogP contribution >= 0.6 is 0 Å². The van der Waals surface area contributed by atoms with E-state index in [4.69, 9.17) is 10.0 Å². The molecule has 0 aliphatic heterocycles. The fourth-order valence-electron chi connectivity index (χ4n) is 2.03. The van der Waals surface area contributed by atoms with Gasteiger partial charge in [0, 0.05) is 17.2 Å². The highest BCUT2D eigenvalue weighted by molar-refractivity contribution is 6.58. The molecule has 2 aromatic rings. The van der Waals surface area contributed by atoms with Crippen molar-refractivity contribution in [2.45, 2.75) is 20.4 Å². The van der Waals surface area contributed by atoms with Gasteiger partial charge in [0.05, 0.1) is 6.54 Å². The van der Waals surface area contributed by atoms with Gasteiger partial charge in [-0.05, 0) is 25.5 Å². The number of hydrogen-bond donors (Lipinski definition) is 2. The molecule has 7 heteroatoms. The van der Waals surface area contributed by atoms with Gasteiger partial charge in [0.2, 0.25) is 0 Å². The minimum atomic E-state index is -1.89. The zero-order valence-corrected chi connectivity index (χ0v) is 11.2. The van der Waals surface area contributed by atoms with Crippen molar-refractivity contribution in [1.82, 2.24) is 9.55 Å². The van der Waals surface area contributed by atoms with Gasteiger partial charge >= 0.3 is 7.12 Å². The van der Waals surface area contributed by atoms with Crippen LogP contribution in [0.5, 0.6) is 0 Å². The van der Waals surface area contributed by atoms with Crippen molar-refractivity contribution in [3.8, 4) is 0 Å². The Labute approximate surface area is 115 Å². The lowest BCUT2D eigenvalue weighted by molar-refractivity contribution is 0.423. The van der Waals surface area contributed by atoms with Gasteiger partial charge in [-0.1, -0.05) is 12.1 Å². The molecule has 0 aliphatic rings. The number of rotatable bonds is 3. The predicted octanol–water partition coefficient (Wildman–Crippen LogP) is -0.273. The van der Waals surface area contributed by atoms with Gasteiger partial charge in [-0.25, -0.2) is 9.37 Å². The Morgan fingerprint density at radius 1 is 1.30 bits per heavy atom. The van der Waals surface area contributed by atoms with Gasteiger partial charge in [-0.15, -0.1) is 0 Å². The van der Waals surface area contributed by atoms with E-state index < -0.39 is 12.9 Å². The van der Waals surface area contributed by atoms with Gasteiger partial charge in [0.1, 0.15) is 11.6 Å². The molecule has 0 spiro atoms. The lowest BCUT2D eigenvalue weighted by atomic mass is 9.79. The monoisotopic (exact) mass is 276 g/mol. The first-order chi connectivity index (χ1) is 9.38. The van der Waals surface area contributed by atoms with Crippen LogP contribution in [0.2, 0.25) is 0 Å². The van der Waals surface area contributed by atoms with E-state index in [0.29, 0.717) is 17.1 Å². The minimum Gasteiger partial charge on any atom is -0.423 e. The maximum absolute atomic E-state index is 13.4.